The predicted molar refractivity (Wildman–Crippen MR) is 73.6 cm³/mol. The van der Waals surface area contributed by atoms with Gasteiger partial charge in [0.25, 0.3) is 0 Å². The lowest BCUT2D eigenvalue weighted by Crippen LogP contribution is -2.54. The number of piperazine rings is 1. The van der Waals surface area contributed by atoms with Crippen molar-refractivity contribution in [1.82, 2.24) is 9.88 Å². The van der Waals surface area contributed by atoms with Crippen LogP contribution < -0.4 is 4.90 Å². The number of hydrogen-bond acceptors (Lipinski definition) is 3. The Morgan fingerprint density at radius 2 is 1.87 bits per heavy atom. The molecule has 1 aliphatic rings. The van der Waals surface area contributed by atoms with Crippen molar-refractivity contribution >= 4 is 17.4 Å². The van der Waals surface area contributed by atoms with Crippen LogP contribution in [0.1, 0.15) is 12.5 Å². The predicted octanol–water partition coefficient (Wildman–Crippen LogP) is 3.83. The zero-order valence-electron chi connectivity index (χ0n) is 12.0. The second-order valence-electron chi connectivity index (χ2n) is 5.41. The van der Waals surface area contributed by atoms with Crippen molar-refractivity contribution in [3.8, 4) is 0 Å². The Kier molecular flexibility index (Phi) is 5.00. The molecule has 10 heteroatoms. The van der Waals surface area contributed by atoms with Crippen LogP contribution in [0.25, 0.3) is 0 Å². The molecule has 0 radical (unpaired) electrons. The zero-order valence-corrected chi connectivity index (χ0v) is 12.8. The summed E-state index contributed by atoms with van der Waals surface area (Å²) in [6, 6.07) is 0.349. The number of aromatic nitrogens is 1. The van der Waals surface area contributed by atoms with Crippen molar-refractivity contribution in [2.24, 2.45) is 0 Å². The van der Waals surface area contributed by atoms with Crippen molar-refractivity contribution in [1.29, 1.82) is 0 Å². The quantitative estimate of drug-likeness (QED) is 0.746. The summed E-state index contributed by atoms with van der Waals surface area (Å²) in [7, 11) is 0. The van der Waals surface area contributed by atoms with E-state index in [0.29, 0.717) is 6.20 Å². The minimum atomic E-state index is -4.55. The van der Waals surface area contributed by atoms with Gasteiger partial charge in [0.2, 0.25) is 0 Å². The van der Waals surface area contributed by atoms with Crippen LogP contribution in [-0.4, -0.2) is 48.3 Å². The molecule has 0 spiro atoms. The van der Waals surface area contributed by atoms with E-state index >= 15 is 0 Å². The molecule has 0 saturated carbocycles. The molecular formula is C13H14ClF6N3. The second-order valence-corrected chi connectivity index (χ2v) is 5.82. The van der Waals surface area contributed by atoms with Gasteiger partial charge < -0.3 is 4.90 Å². The van der Waals surface area contributed by atoms with Crippen LogP contribution >= 0.6 is 11.6 Å². The molecule has 1 unspecified atom stereocenters. The highest BCUT2D eigenvalue weighted by Gasteiger charge is 2.36. The third kappa shape index (κ3) is 4.63. The van der Waals surface area contributed by atoms with Gasteiger partial charge in [0.15, 0.2) is 0 Å². The van der Waals surface area contributed by atoms with E-state index in [1.807, 2.05) is 0 Å². The van der Waals surface area contributed by atoms with Crippen molar-refractivity contribution in [2.75, 3.05) is 31.1 Å². The molecule has 1 aromatic heterocycles. The Bertz CT molecular complexity index is 560. The first-order valence-corrected chi connectivity index (χ1v) is 7.13. The summed E-state index contributed by atoms with van der Waals surface area (Å²) in [5.41, 5.74) is -0.963. The third-order valence-electron chi connectivity index (χ3n) is 3.60. The van der Waals surface area contributed by atoms with Crippen molar-refractivity contribution < 1.29 is 26.3 Å². The molecular weight excluding hydrogens is 348 g/mol. The Balaban J connectivity index is 2.10. The lowest BCUT2D eigenvalue weighted by Gasteiger charge is -2.40. The number of pyridine rings is 1. The summed E-state index contributed by atoms with van der Waals surface area (Å²) >= 11 is 5.86. The first kappa shape index (κ1) is 18.1. The van der Waals surface area contributed by atoms with Crippen molar-refractivity contribution in [3.63, 3.8) is 0 Å². The molecule has 0 N–H and O–H groups in total. The fourth-order valence-corrected chi connectivity index (χ4v) is 2.76. The first-order chi connectivity index (χ1) is 10.5. The van der Waals surface area contributed by atoms with Gasteiger partial charge in [0, 0.05) is 31.9 Å². The van der Waals surface area contributed by atoms with Gasteiger partial charge in [-0.15, -0.1) is 0 Å². The molecule has 1 fully saturated rings. The van der Waals surface area contributed by atoms with Gasteiger partial charge >= 0.3 is 12.4 Å². The number of hydrogen-bond donors (Lipinski definition) is 0. The highest BCUT2D eigenvalue weighted by Crippen LogP contribution is 2.34. The molecule has 1 aromatic rings. The summed E-state index contributed by atoms with van der Waals surface area (Å²) in [5.74, 6) is 0.151. The SMILES string of the molecule is CC1CN(c2ncc(C(F)(F)F)cc2Cl)CCN1CC(F)(F)F. The fourth-order valence-electron chi connectivity index (χ4n) is 2.47. The van der Waals surface area contributed by atoms with Crippen LogP contribution in [0.5, 0.6) is 0 Å². The maximum absolute atomic E-state index is 12.6. The lowest BCUT2D eigenvalue weighted by molar-refractivity contribution is -0.150. The lowest BCUT2D eigenvalue weighted by atomic mass is 10.2. The normalized spacial score (nSPS) is 20.9. The number of nitrogens with zero attached hydrogens (tertiary/aromatic N) is 3. The van der Waals surface area contributed by atoms with E-state index in [0.717, 1.165) is 6.07 Å². The minimum absolute atomic E-state index is 0.125. The minimum Gasteiger partial charge on any atom is -0.353 e. The van der Waals surface area contributed by atoms with Crippen LogP contribution in [-0.2, 0) is 6.18 Å². The summed E-state index contributed by atoms with van der Waals surface area (Å²) in [4.78, 5) is 6.61. The average molecular weight is 362 g/mol. The molecule has 0 bridgehead atoms. The van der Waals surface area contributed by atoms with Crippen LogP contribution in [0, 0.1) is 0 Å². The average Bonchev–Trinajstić information content (AvgIpc) is 2.38. The van der Waals surface area contributed by atoms with E-state index in [1.165, 1.54) is 4.90 Å². The van der Waals surface area contributed by atoms with E-state index in [4.69, 9.17) is 11.6 Å². The van der Waals surface area contributed by atoms with Gasteiger partial charge in [-0.05, 0) is 13.0 Å². The van der Waals surface area contributed by atoms with Gasteiger partial charge in [-0.2, -0.15) is 26.3 Å². The Morgan fingerprint density at radius 1 is 1.22 bits per heavy atom. The maximum atomic E-state index is 12.6. The van der Waals surface area contributed by atoms with E-state index < -0.39 is 30.5 Å². The van der Waals surface area contributed by atoms with Gasteiger partial charge in [-0.1, -0.05) is 11.6 Å². The van der Waals surface area contributed by atoms with Crippen LogP contribution in [0.4, 0.5) is 32.2 Å². The van der Waals surface area contributed by atoms with Crippen molar-refractivity contribution in [2.45, 2.75) is 25.3 Å². The molecule has 1 aliphatic heterocycles. The van der Waals surface area contributed by atoms with Gasteiger partial charge in [-0.25, -0.2) is 4.98 Å². The smallest absolute Gasteiger partial charge is 0.353 e. The molecule has 2 heterocycles. The Labute approximate surface area is 133 Å². The summed E-state index contributed by atoms with van der Waals surface area (Å²) in [6.07, 6.45) is -8.16. The second kappa shape index (κ2) is 6.35. The molecule has 0 amide bonds. The number of anilines is 1. The maximum Gasteiger partial charge on any atom is 0.417 e. The largest absolute Gasteiger partial charge is 0.417 e. The molecule has 1 saturated heterocycles. The summed E-state index contributed by atoms with van der Waals surface area (Å²) < 4.78 is 75.1. The Hall–Kier alpha value is -1.22. The molecule has 0 aromatic carbocycles. The van der Waals surface area contributed by atoms with E-state index in [2.05, 4.69) is 4.98 Å². The third-order valence-corrected chi connectivity index (χ3v) is 3.87. The van der Waals surface area contributed by atoms with Crippen LogP contribution in [0.3, 0.4) is 0 Å². The van der Waals surface area contributed by atoms with E-state index in [9.17, 15) is 26.3 Å². The summed E-state index contributed by atoms with van der Waals surface area (Å²) in [6.45, 7) is 1.14. The molecule has 3 nitrogen and oxygen atoms in total. The monoisotopic (exact) mass is 361 g/mol. The standard InChI is InChI=1S/C13H14ClF6N3/c1-8-6-22(2-3-23(8)7-12(15,16)17)11-10(14)4-9(5-21-11)13(18,19)20/h4-5,8H,2-3,6-7H2,1H3. The summed E-state index contributed by atoms with van der Waals surface area (Å²) in [5, 5.41) is -0.170. The molecule has 2 rings (SSSR count). The Morgan fingerprint density at radius 3 is 2.35 bits per heavy atom. The van der Waals surface area contributed by atoms with Gasteiger partial charge in [0.05, 0.1) is 17.1 Å². The molecule has 1 atom stereocenters. The first-order valence-electron chi connectivity index (χ1n) is 6.76. The van der Waals surface area contributed by atoms with E-state index in [-0.39, 0.29) is 30.5 Å². The molecule has 130 valence electrons. The zero-order chi connectivity index (χ0) is 17.4. The van der Waals surface area contributed by atoms with Crippen LogP contribution in [0.2, 0.25) is 5.02 Å². The molecule has 0 aliphatic carbocycles. The highest BCUT2D eigenvalue weighted by molar-refractivity contribution is 6.33. The fraction of sp³-hybridized carbons (Fsp3) is 0.615. The number of alkyl halides is 6. The molecule has 23 heavy (non-hydrogen) atoms. The van der Waals surface area contributed by atoms with Gasteiger partial charge in [0.1, 0.15) is 5.82 Å². The van der Waals surface area contributed by atoms with E-state index in [1.54, 1.807) is 11.8 Å². The van der Waals surface area contributed by atoms with Crippen molar-refractivity contribution in [3.05, 3.63) is 22.8 Å². The van der Waals surface area contributed by atoms with Gasteiger partial charge in [-0.3, -0.25) is 4.90 Å². The topological polar surface area (TPSA) is 19.4 Å². The number of halogens is 7. The highest BCUT2D eigenvalue weighted by atomic mass is 35.5. The number of rotatable bonds is 2. The van der Waals surface area contributed by atoms with Crippen LogP contribution in [0.15, 0.2) is 12.3 Å².